The summed E-state index contributed by atoms with van der Waals surface area (Å²) in [7, 11) is 0. The Morgan fingerprint density at radius 2 is 1.56 bits per heavy atom. The van der Waals surface area contributed by atoms with Gasteiger partial charge < -0.3 is 5.11 Å². The number of hydrogen-bond donors (Lipinski definition) is 1. The van der Waals surface area contributed by atoms with E-state index in [0.717, 1.165) is 10.2 Å². The van der Waals surface area contributed by atoms with Gasteiger partial charge in [0.15, 0.2) is 0 Å². The summed E-state index contributed by atoms with van der Waals surface area (Å²) in [5.41, 5.74) is 1.21. The van der Waals surface area contributed by atoms with Crippen molar-refractivity contribution in [2.24, 2.45) is 10.2 Å². The van der Waals surface area contributed by atoms with Crippen LogP contribution in [0.5, 0.6) is 5.75 Å². The van der Waals surface area contributed by atoms with Crippen LogP contribution in [0.1, 0.15) is 0 Å². The van der Waals surface area contributed by atoms with Gasteiger partial charge in [-0.15, -0.1) is 5.11 Å². The molecule has 0 saturated carbocycles. The number of azo groups is 1. The first-order valence-corrected chi connectivity index (χ1v) is 5.50. The second-order valence-corrected chi connectivity index (χ2v) is 4.08. The fraction of sp³-hybridized carbons (Fsp3) is 0. The largest absolute Gasteiger partial charge is 0.506 e. The Labute approximate surface area is 102 Å². The van der Waals surface area contributed by atoms with Gasteiger partial charge in [-0.05, 0) is 36.4 Å². The van der Waals surface area contributed by atoms with Gasteiger partial charge in [-0.1, -0.05) is 28.1 Å². The van der Waals surface area contributed by atoms with E-state index in [-0.39, 0.29) is 5.75 Å². The SMILES string of the molecule is Oc1ccccc1N=Nc1ccc(Br)cc1. The molecule has 0 saturated heterocycles. The molecular weight excluding hydrogens is 268 g/mol. The van der Waals surface area contributed by atoms with Crippen LogP contribution in [0.4, 0.5) is 11.4 Å². The molecule has 1 N–H and O–H groups in total. The molecule has 0 aliphatic carbocycles. The van der Waals surface area contributed by atoms with Gasteiger partial charge in [0.05, 0.1) is 5.69 Å². The highest BCUT2D eigenvalue weighted by atomic mass is 79.9. The first kappa shape index (κ1) is 10.8. The first-order chi connectivity index (χ1) is 7.75. The van der Waals surface area contributed by atoms with E-state index >= 15 is 0 Å². The van der Waals surface area contributed by atoms with E-state index < -0.39 is 0 Å². The Morgan fingerprint density at radius 1 is 0.875 bits per heavy atom. The summed E-state index contributed by atoms with van der Waals surface area (Å²) in [4.78, 5) is 0. The molecule has 0 bridgehead atoms. The standard InChI is InChI=1S/C12H9BrN2O/c13-9-5-7-10(8-6-9)14-15-11-3-1-2-4-12(11)16/h1-8,16H. The lowest BCUT2D eigenvalue weighted by Crippen LogP contribution is -1.67. The van der Waals surface area contributed by atoms with Gasteiger partial charge >= 0.3 is 0 Å². The molecule has 0 radical (unpaired) electrons. The zero-order valence-corrected chi connectivity index (χ0v) is 9.92. The van der Waals surface area contributed by atoms with Crippen molar-refractivity contribution in [1.29, 1.82) is 0 Å². The molecule has 0 aliphatic heterocycles. The average Bonchev–Trinajstić information content (AvgIpc) is 2.30. The second-order valence-electron chi connectivity index (χ2n) is 3.17. The van der Waals surface area contributed by atoms with Crippen molar-refractivity contribution in [3.05, 3.63) is 53.0 Å². The topological polar surface area (TPSA) is 45.0 Å². The molecular formula is C12H9BrN2O. The fourth-order valence-electron chi connectivity index (χ4n) is 1.17. The van der Waals surface area contributed by atoms with Crippen LogP contribution in [0.25, 0.3) is 0 Å². The Balaban J connectivity index is 2.21. The van der Waals surface area contributed by atoms with Crippen molar-refractivity contribution in [1.82, 2.24) is 0 Å². The Kier molecular flexibility index (Phi) is 3.31. The van der Waals surface area contributed by atoms with E-state index in [2.05, 4.69) is 26.2 Å². The first-order valence-electron chi connectivity index (χ1n) is 4.71. The Bertz CT molecular complexity index is 509. The lowest BCUT2D eigenvalue weighted by atomic mass is 10.3. The molecule has 0 aliphatic rings. The van der Waals surface area contributed by atoms with Gasteiger partial charge in [0.25, 0.3) is 0 Å². The molecule has 0 fully saturated rings. The van der Waals surface area contributed by atoms with E-state index in [1.54, 1.807) is 24.3 Å². The Morgan fingerprint density at radius 3 is 2.25 bits per heavy atom. The van der Waals surface area contributed by atoms with Crippen LogP contribution in [0.3, 0.4) is 0 Å². The van der Waals surface area contributed by atoms with E-state index in [0.29, 0.717) is 5.69 Å². The van der Waals surface area contributed by atoms with Crippen LogP contribution in [0.15, 0.2) is 63.2 Å². The van der Waals surface area contributed by atoms with Gasteiger partial charge in [-0.2, -0.15) is 5.11 Å². The van der Waals surface area contributed by atoms with Crippen LogP contribution < -0.4 is 0 Å². The molecule has 0 aromatic heterocycles. The second kappa shape index (κ2) is 4.90. The number of nitrogens with zero attached hydrogens (tertiary/aromatic N) is 2. The summed E-state index contributed by atoms with van der Waals surface area (Å²) in [6.45, 7) is 0. The molecule has 0 atom stereocenters. The minimum atomic E-state index is 0.128. The lowest BCUT2D eigenvalue weighted by molar-refractivity contribution is 0.476. The summed E-state index contributed by atoms with van der Waals surface area (Å²) in [6, 6.07) is 14.3. The monoisotopic (exact) mass is 276 g/mol. The molecule has 4 heteroatoms. The van der Waals surface area contributed by atoms with Crippen LogP contribution in [0.2, 0.25) is 0 Å². The summed E-state index contributed by atoms with van der Waals surface area (Å²) in [6.07, 6.45) is 0. The van der Waals surface area contributed by atoms with Gasteiger partial charge in [0.1, 0.15) is 11.4 Å². The predicted octanol–water partition coefficient (Wildman–Crippen LogP) is 4.57. The maximum absolute atomic E-state index is 9.47. The van der Waals surface area contributed by atoms with E-state index in [4.69, 9.17) is 0 Å². The van der Waals surface area contributed by atoms with Crippen LogP contribution in [-0.4, -0.2) is 5.11 Å². The van der Waals surface area contributed by atoms with Crippen LogP contribution in [-0.2, 0) is 0 Å². The normalized spacial score (nSPS) is 10.8. The Hall–Kier alpha value is -1.68. The summed E-state index contributed by atoms with van der Waals surface area (Å²) in [5.74, 6) is 0.128. The minimum absolute atomic E-state index is 0.128. The molecule has 80 valence electrons. The molecule has 16 heavy (non-hydrogen) atoms. The molecule has 0 heterocycles. The molecule has 0 spiro atoms. The van der Waals surface area contributed by atoms with E-state index in [9.17, 15) is 5.11 Å². The number of para-hydroxylation sites is 1. The quantitative estimate of drug-likeness (QED) is 0.803. The summed E-state index contributed by atoms with van der Waals surface area (Å²) >= 11 is 3.34. The number of phenols is 1. The third-order valence-electron chi connectivity index (χ3n) is 1.98. The van der Waals surface area contributed by atoms with Crippen molar-refractivity contribution >= 4 is 27.3 Å². The molecule has 2 aromatic carbocycles. The fourth-order valence-corrected chi connectivity index (χ4v) is 1.43. The molecule has 0 amide bonds. The smallest absolute Gasteiger partial charge is 0.143 e. The van der Waals surface area contributed by atoms with Gasteiger partial charge in [-0.25, -0.2) is 0 Å². The maximum Gasteiger partial charge on any atom is 0.143 e. The number of aromatic hydroxyl groups is 1. The lowest BCUT2D eigenvalue weighted by Gasteiger charge is -1.96. The van der Waals surface area contributed by atoms with Crippen molar-refractivity contribution in [2.45, 2.75) is 0 Å². The van der Waals surface area contributed by atoms with Crippen molar-refractivity contribution in [3.63, 3.8) is 0 Å². The predicted molar refractivity (Wildman–Crippen MR) is 66.4 cm³/mol. The van der Waals surface area contributed by atoms with Gasteiger partial charge in [0, 0.05) is 4.47 Å². The molecule has 2 aromatic rings. The van der Waals surface area contributed by atoms with Crippen molar-refractivity contribution in [3.8, 4) is 5.75 Å². The number of phenolic OH excluding ortho intramolecular Hbond substituents is 1. The number of rotatable bonds is 2. The highest BCUT2D eigenvalue weighted by Gasteiger charge is 1.96. The zero-order valence-electron chi connectivity index (χ0n) is 8.34. The maximum atomic E-state index is 9.47. The minimum Gasteiger partial charge on any atom is -0.506 e. The van der Waals surface area contributed by atoms with Gasteiger partial charge in [0.2, 0.25) is 0 Å². The number of benzene rings is 2. The zero-order chi connectivity index (χ0) is 11.4. The molecule has 2 rings (SSSR count). The summed E-state index contributed by atoms with van der Waals surface area (Å²) in [5, 5.41) is 17.5. The van der Waals surface area contributed by atoms with Crippen molar-refractivity contribution in [2.75, 3.05) is 0 Å². The third-order valence-corrected chi connectivity index (χ3v) is 2.51. The van der Waals surface area contributed by atoms with Crippen molar-refractivity contribution < 1.29 is 5.11 Å². The van der Waals surface area contributed by atoms with E-state index in [1.807, 2.05) is 24.3 Å². The summed E-state index contributed by atoms with van der Waals surface area (Å²) < 4.78 is 0.994. The number of hydrogen-bond acceptors (Lipinski definition) is 3. The number of halogens is 1. The van der Waals surface area contributed by atoms with Crippen LogP contribution in [0, 0.1) is 0 Å². The third kappa shape index (κ3) is 2.67. The molecule has 0 unspecified atom stereocenters. The molecule has 3 nitrogen and oxygen atoms in total. The van der Waals surface area contributed by atoms with Crippen LogP contribution >= 0.6 is 15.9 Å². The highest BCUT2D eigenvalue weighted by Crippen LogP contribution is 2.27. The van der Waals surface area contributed by atoms with Gasteiger partial charge in [-0.3, -0.25) is 0 Å². The average molecular weight is 277 g/mol. The van der Waals surface area contributed by atoms with E-state index in [1.165, 1.54) is 0 Å². The highest BCUT2D eigenvalue weighted by molar-refractivity contribution is 9.10.